The minimum atomic E-state index is -0.316. The Bertz CT molecular complexity index is 1310. The van der Waals surface area contributed by atoms with E-state index in [0.717, 1.165) is 5.56 Å². The van der Waals surface area contributed by atoms with Crippen LogP contribution in [0.4, 0.5) is 16.0 Å². The second-order valence-corrected chi connectivity index (χ2v) is 7.38. The predicted octanol–water partition coefficient (Wildman–Crippen LogP) is 4.69. The zero-order valence-corrected chi connectivity index (χ0v) is 17.4. The molecule has 0 spiro atoms. The number of hydrogen-bond acceptors (Lipinski definition) is 6. The molecule has 1 amide bonds. The molecule has 164 valence electrons. The lowest BCUT2D eigenvalue weighted by Crippen LogP contribution is -2.22. The summed E-state index contributed by atoms with van der Waals surface area (Å²) in [5.74, 6) is 1.22. The average molecular weight is 442 g/mol. The van der Waals surface area contributed by atoms with Crippen molar-refractivity contribution in [3.05, 3.63) is 96.1 Å². The molecule has 0 atom stereocenters. The molecule has 1 aliphatic heterocycles. The van der Waals surface area contributed by atoms with Crippen LogP contribution in [0.15, 0.2) is 79.1 Å². The van der Waals surface area contributed by atoms with E-state index in [-0.39, 0.29) is 18.5 Å². The van der Waals surface area contributed by atoms with Gasteiger partial charge < -0.3 is 20.1 Å². The van der Waals surface area contributed by atoms with Gasteiger partial charge in [-0.1, -0.05) is 24.3 Å². The normalized spacial score (nSPS) is 11.8. The van der Waals surface area contributed by atoms with Crippen molar-refractivity contribution in [2.24, 2.45) is 0 Å². The highest BCUT2D eigenvalue weighted by molar-refractivity contribution is 5.95. The number of carbonyl (C=O) groups is 1. The Kier molecular flexibility index (Phi) is 5.55. The highest BCUT2D eigenvalue weighted by Gasteiger charge is 2.14. The van der Waals surface area contributed by atoms with Crippen LogP contribution in [0, 0.1) is 5.82 Å². The molecule has 0 fully saturated rings. The van der Waals surface area contributed by atoms with E-state index in [2.05, 4.69) is 20.6 Å². The minimum Gasteiger partial charge on any atom is -0.454 e. The zero-order valence-electron chi connectivity index (χ0n) is 17.4. The number of rotatable bonds is 6. The van der Waals surface area contributed by atoms with Gasteiger partial charge in [0.25, 0.3) is 5.91 Å². The number of nitrogens with zero attached hydrogens (tertiary/aromatic N) is 2. The van der Waals surface area contributed by atoms with Gasteiger partial charge in [-0.3, -0.25) is 4.79 Å². The topological polar surface area (TPSA) is 85.4 Å². The third kappa shape index (κ3) is 4.74. The molecule has 3 aromatic carbocycles. The molecule has 0 radical (unpaired) electrons. The van der Waals surface area contributed by atoms with E-state index in [1.807, 2.05) is 24.3 Å². The van der Waals surface area contributed by atoms with Crippen molar-refractivity contribution in [1.29, 1.82) is 0 Å². The summed E-state index contributed by atoms with van der Waals surface area (Å²) in [6.45, 7) is 0.569. The van der Waals surface area contributed by atoms with Crippen LogP contribution in [0.1, 0.15) is 15.9 Å². The van der Waals surface area contributed by atoms with Crippen molar-refractivity contribution in [3.8, 4) is 22.6 Å². The Balaban J connectivity index is 1.23. The maximum absolute atomic E-state index is 13.4. The van der Waals surface area contributed by atoms with Gasteiger partial charge in [0, 0.05) is 35.8 Å². The second-order valence-electron chi connectivity index (χ2n) is 7.38. The summed E-state index contributed by atoms with van der Waals surface area (Å²) >= 11 is 0. The summed E-state index contributed by atoms with van der Waals surface area (Å²) in [6, 6.07) is 18.9. The molecule has 0 unspecified atom stereocenters. The molecule has 0 saturated heterocycles. The van der Waals surface area contributed by atoms with Crippen LogP contribution < -0.4 is 20.1 Å². The molecule has 0 aliphatic carbocycles. The standard InChI is InChI=1S/C25H19FN4O3/c26-20-5-1-3-17(10-20)19-13-28-25(29-14-19)30-21-6-2-4-18(11-21)24(31)27-12-16-7-8-22-23(9-16)33-15-32-22/h1-11,13-14H,12,15H2,(H,27,31)(H,28,29,30). The smallest absolute Gasteiger partial charge is 0.251 e. The van der Waals surface area contributed by atoms with Gasteiger partial charge >= 0.3 is 0 Å². The van der Waals surface area contributed by atoms with Gasteiger partial charge in [-0.2, -0.15) is 0 Å². The van der Waals surface area contributed by atoms with E-state index in [9.17, 15) is 9.18 Å². The van der Waals surface area contributed by atoms with Crippen LogP contribution in [-0.2, 0) is 6.54 Å². The highest BCUT2D eigenvalue weighted by atomic mass is 19.1. The first-order valence-corrected chi connectivity index (χ1v) is 10.3. The third-order valence-electron chi connectivity index (χ3n) is 5.08. The van der Waals surface area contributed by atoms with Crippen LogP contribution in [0.2, 0.25) is 0 Å². The van der Waals surface area contributed by atoms with E-state index >= 15 is 0 Å². The van der Waals surface area contributed by atoms with E-state index in [1.165, 1.54) is 12.1 Å². The molecule has 7 nitrogen and oxygen atoms in total. The van der Waals surface area contributed by atoms with Gasteiger partial charge in [-0.15, -0.1) is 0 Å². The van der Waals surface area contributed by atoms with Gasteiger partial charge in [0.2, 0.25) is 12.7 Å². The molecule has 1 aromatic heterocycles. The summed E-state index contributed by atoms with van der Waals surface area (Å²) < 4.78 is 24.1. The van der Waals surface area contributed by atoms with E-state index in [1.54, 1.807) is 42.7 Å². The molecular weight excluding hydrogens is 423 g/mol. The van der Waals surface area contributed by atoms with Gasteiger partial charge in [0.15, 0.2) is 11.5 Å². The highest BCUT2D eigenvalue weighted by Crippen LogP contribution is 2.32. The van der Waals surface area contributed by atoms with Crippen molar-refractivity contribution in [2.45, 2.75) is 6.54 Å². The quantitative estimate of drug-likeness (QED) is 0.451. The summed E-state index contributed by atoms with van der Waals surface area (Å²) in [5.41, 5.74) is 3.48. The van der Waals surface area contributed by atoms with Crippen LogP contribution in [-0.4, -0.2) is 22.7 Å². The summed E-state index contributed by atoms with van der Waals surface area (Å²) in [6.07, 6.45) is 3.23. The zero-order chi connectivity index (χ0) is 22.6. The molecular formula is C25H19FN4O3. The van der Waals surface area contributed by atoms with E-state index in [0.29, 0.717) is 46.4 Å². The minimum absolute atomic E-state index is 0.210. The lowest BCUT2D eigenvalue weighted by Gasteiger charge is -2.09. The second kappa shape index (κ2) is 8.96. The Labute approximate surface area is 189 Å². The van der Waals surface area contributed by atoms with Crippen molar-refractivity contribution in [2.75, 3.05) is 12.1 Å². The Morgan fingerprint density at radius 1 is 0.909 bits per heavy atom. The predicted molar refractivity (Wildman–Crippen MR) is 121 cm³/mol. The van der Waals surface area contributed by atoms with Gasteiger partial charge in [-0.05, 0) is 53.6 Å². The van der Waals surface area contributed by atoms with Crippen LogP contribution >= 0.6 is 0 Å². The third-order valence-corrected chi connectivity index (χ3v) is 5.08. The number of halogens is 1. The summed E-state index contributed by atoms with van der Waals surface area (Å²) in [4.78, 5) is 21.2. The number of aromatic nitrogens is 2. The maximum atomic E-state index is 13.4. The van der Waals surface area contributed by atoms with Crippen molar-refractivity contribution < 1.29 is 18.7 Å². The monoisotopic (exact) mass is 442 g/mol. The molecule has 2 N–H and O–H groups in total. The molecule has 33 heavy (non-hydrogen) atoms. The van der Waals surface area contributed by atoms with Gasteiger partial charge in [0.1, 0.15) is 5.82 Å². The first-order valence-electron chi connectivity index (χ1n) is 10.3. The van der Waals surface area contributed by atoms with Gasteiger partial charge in [0.05, 0.1) is 0 Å². The van der Waals surface area contributed by atoms with Crippen molar-refractivity contribution in [1.82, 2.24) is 15.3 Å². The fraction of sp³-hybridized carbons (Fsp3) is 0.0800. The Morgan fingerprint density at radius 3 is 2.58 bits per heavy atom. The van der Waals surface area contributed by atoms with Crippen LogP contribution in [0.3, 0.4) is 0 Å². The average Bonchev–Trinajstić information content (AvgIpc) is 3.31. The maximum Gasteiger partial charge on any atom is 0.251 e. The first-order chi connectivity index (χ1) is 16.1. The fourth-order valence-corrected chi connectivity index (χ4v) is 3.41. The molecule has 2 heterocycles. The largest absolute Gasteiger partial charge is 0.454 e. The van der Waals surface area contributed by atoms with Crippen LogP contribution in [0.25, 0.3) is 11.1 Å². The molecule has 0 saturated carbocycles. The first kappa shape index (κ1) is 20.4. The number of hydrogen-bond donors (Lipinski definition) is 2. The number of fused-ring (bicyclic) bond motifs is 1. The van der Waals surface area contributed by atoms with Crippen molar-refractivity contribution in [3.63, 3.8) is 0 Å². The fourth-order valence-electron chi connectivity index (χ4n) is 3.41. The molecule has 5 rings (SSSR count). The number of ether oxygens (including phenoxy) is 2. The molecule has 4 aromatic rings. The number of benzene rings is 3. The Hall–Kier alpha value is -4.46. The lowest BCUT2D eigenvalue weighted by molar-refractivity contribution is 0.0951. The van der Waals surface area contributed by atoms with Crippen molar-refractivity contribution >= 4 is 17.5 Å². The molecule has 1 aliphatic rings. The number of anilines is 2. The SMILES string of the molecule is O=C(NCc1ccc2c(c1)OCO2)c1cccc(Nc2ncc(-c3cccc(F)c3)cn2)c1. The molecule has 0 bridgehead atoms. The van der Waals surface area contributed by atoms with E-state index < -0.39 is 0 Å². The molecule has 8 heteroatoms. The van der Waals surface area contributed by atoms with Crippen LogP contribution in [0.5, 0.6) is 11.5 Å². The van der Waals surface area contributed by atoms with Gasteiger partial charge in [-0.25, -0.2) is 14.4 Å². The summed E-state index contributed by atoms with van der Waals surface area (Å²) in [7, 11) is 0. The lowest BCUT2D eigenvalue weighted by atomic mass is 10.1. The summed E-state index contributed by atoms with van der Waals surface area (Å²) in [5, 5.41) is 5.99. The number of amides is 1. The van der Waals surface area contributed by atoms with E-state index in [4.69, 9.17) is 9.47 Å². The Morgan fingerprint density at radius 2 is 1.73 bits per heavy atom. The number of nitrogens with one attached hydrogen (secondary N) is 2. The number of carbonyl (C=O) groups excluding carboxylic acids is 1.